The summed E-state index contributed by atoms with van der Waals surface area (Å²) in [4.78, 5) is 15.7. The number of unbranched alkanes of at least 4 members (excludes halogenated alkanes) is 2. The summed E-state index contributed by atoms with van der Waals surface area (Å²) in [7, 11) is 0. The fourth-order valence-corrected chi connectivity index (χ4v) is 2.23. The van der Waals surface area contributed by atoms with Crippen LogP contribution in [0.1, 0.15) is 43.3 Å². The summed E-state index contributed by atoms with van der Waals surface area (Å²) in [5.41, 5.74) is 1.06. The van der Waals surface area contributed by atoms with Crippen molar-refractivity contribution in [1.82, 2.24) is 10.3 Å². The minimum atomic E-state index is 0.168. The van der Waals surface area contributed by atoms with Crippen LogP contribution in [0.2, 0.25) is 0 Å². The molecule has 1 aromatic rings. The van der Waals surface area contributed by atoms with E-state index < -0.39 is 0 Å². The third-order valence-electron chi connectivity index (χ3n) is 2.33. The number of amides is 1. The number of aromatic nitrogens is 1. The van der Waals surface area contributed by atoms with Crippen LogP contribution in [-0.4, -0.2) is 17.4 Å². The molecule has 0 saturated heterocycles. The van der Waals surface area contributed by atoms with Crippen LogP contribution in [0.4, 0.5) is 0 Å². The second-order valence-electron chi connectivity index (χ2n) is 3.94. The number of aryl methyl sites for hydroxylation is 1. The molecule has 0 aliphatic rings. The molecule has 4 heteroatoms. The van der Waals surface area contributed by atoms with E-state index in [1.165, 1.54) is 0 Å². The van der Waals surface area contributed by atoms with E-state index in [0.717, 1.165) is 36.4 Å². The van der Waals surface area contributed by atoms with Gasteiger partial charge in [-0.25, -0.2) is 4.98 Å². The lowest BCUT2D eigenvalue weighted by Gasteiger charge is -2.03. The molecule has 0 aromatic carbocycles. The van der Waals surface area contributed by atoms with Gasteiger partial charge >= 0.3 is 0 Å². The highest BCUT2D eigenvalue weighted by Crippen LogP contribution is 2.08. The van der Waals surface area contributed by atoms with Crippen LogP contribution in [0.3, 0.4) is 0 Å². The Morgan fingerprint density at radius 1 is 1.50 bits per heavy atom. The number of rotatable bonds is 7. The molecule has 1 heterocycles. The Morgan fingerprint density at radius 3 is 2.94 bits per heavy atom. The summed E-state index contributed by atoms with van der Waals surface area (Å²) in [5.74, 6) is 0.168. The van der Waals surface area contributed by atoms with Crippen molar-refractivity contribution < 1.29 is 4.79 Å². The van der Waals surface area contributed by atoms with Crippen molar-refractivity contribution in [1.29, 1.82) is 0 Å². The lowest BCUT2D eigenvalue weighted by molar-refractivity contribution is -0.121. The molecule has 1 N–H and O–H groups in total. The highest BCUT2D eigenvalue weighted by atomic mass is 32.1. The zero-order chi connectivity index (χ0) is 11.8. The van der Waals surface area contributed by atoms with Crippen LogP contribution in [0.15, 0.2) is 5.38 Å². The van der Waals surface area contributed by atoms with Crippen molar-refractivity contribution in [3.05, 3.63) is 16.1 Å². The van der Waals surface area contributed by atoms with E-state index in [1.54, 1.807) is 11.3 Å². The summed E-state index contributed by atoms with van der Waals surface area (Å²) < 4.78 is 0. The van der Waals surface area contributed by atoms with Gasteiger partial charge < -0.3 is 5.32 Å². The molecule has 90 valence electrons. The molecule has 0 radical (unpaired) electrons. The maximum atomic E-state index is 11.4. The van der Waals surface area contributed by atoms with Gasteiger partial charge in [-0.15, -0.1) is 11.3 Å². The SMILES string of the molecule is CCCCCC(=O)NCCc1nc(C)cs1. The quantitative estimate of drug-likeness (QED) is 0.745. The number of nitrogens with zero attached hydrogens (tertiary/aromatic N) is 1. The molecule has 0 atom stereocenters. The predicted molar refractivity (Wildman–Crippen MR) is 67.7 cm³/mol. The first-order valence-electron chi connectivity index (χ1n) is 5.90. The van der Waals surface area contributed by atoms with E-state index in [1.807, 2.05) is 12.3 Å². The van der Waals surface area contributed by atoms with E-state index in [4.69, 9.17) is 0 Å². The molecule has 0 spiro atoms. The number of hydrogen-bond acceptors (Lipinski definition) is 3. The van der Waals surface area contributed by atoms with Gasteiger partial charge in [-0.2, -0.15) is 0 Å². The van der Waals surface area contributed by atoms with Crippen molar-refractivity contribution in [3.8, 4) is 0 Å². The third-order valence-corrected chi connectivity index (χ3v) is 3.36. The summed E-state index contributed by atoms with van der Waals surface area (Å²) in [6.07, 6.45) is 4.80. The maximum absolute atomic E-state index is 11.4. The molecule has 0 aliphatic heterocycles. The van der Waals surface area contributed by atoms with Gasteiger partial charge in [-0.3, -0.25) is 4.79 Å². The van der Waals surface area contributed by atoms with E-state index >= 15 is 0 Å². The molecule has 1 rings (SSSR count). The van der Waals surface area contributed by atoms with E-state index in [0.29, 0.717) is 13.0 Å². The van der Waals surface area contributed by atoms with Gasteiger partial charge in [0, 0.05) is 30.5 Å². The van der Waals surface area contributed by atoms with Crippen LogP contribution in [0.25, 0.3) is 0 Å². The molecule has 0 saturated carbocycles. The summed E-state index contributed by atoms with van der Waals surface area (Å²) in [6.45, 7) is 4.84. The zero-order valence-corrected chi connectivity index (χ0v) is 10.9. The maximum Gasteiger partial charge on any atom is 0.220 e. The topological polar surface area (TPSA) is 42.0 Å². The first-order chi connectivity index (χ1) is 7.72. The molecule has 0 unspecified atom stereocenters. The molecule has 16 heavy (non-hydrogen) atoms. The van der Waals surface area contributed by atoms with Gasteiger partial charge in [0.25, 0.3) is 0 Å². The molecule has 3 nitrogen and oxygen atoms in total. The second kappa shape index (κ2) is 7.39. The second-order valence-corrected chi connectivity index (χ2v) is 4.88. The Morgan fingerprint density at radius 2 is 2.31 bits per heavy atom. The highest BCUT2D eigenvalue weighted by molar-refractivity contribution is 7.09. The molecular formula is C12H20N2OS. The average molecular weight is 240 g/mol. The Labute approximate surface area is 101 Å². The minimum Gasteiger partial charge on any atom is -0.356 e. The fourth-order valence-electron chi connectivity index (χ4n) is 1.45. The zero-order valence-electron chi connectivity index (χ0n) is 10.1. The molecule has 0 aliphatic carbocycles. The standard InChI is InChI=1S/C12H20N2OS/c1-3-4-5-6-11(15)13-8-7-12-14-10(2)9-16-12/h9H,3-8H2,1-2H3,(H,13,15). The van der Waals surface area contributed by atoms with Gasteiger partial charge in [0.2, 0.25) is 5.91 Å². The van der Waals surface area contributed by atoms with Crippen molar-refractivity contribution in [2.24, 2.45) is 0 Å². The highest BCUT2D eigenvalue weighted by Gasteiger charge is 2.02. The van der Waals surface area contributed by atoms with Crippen LogP contribution in [0.5, 0.6) is 0 Å². The van der Waals surface area contributed by atoms with Crippen molar-refractivity contribution in [2.75, 3.05) is 6.54 Å². The average Bonchev–Trinajstić information content (AvgIpc) is 2.65. The number of thiazole rings is 1. The Bertz CT molecular complexity index is 323. The molecule has 0 fully saturated rings. The van der Waals surface area contributed by atoms with Crippen LogP contribution in [-0.2, 0) is 11.2 Å². The molecule has 0 bridgehead atoms. The number of hydrogen-bond donors (Lipinski definition) is 1. The molecule has 1 aromatic heterocycles. The van der Waals surface area contributed by atoms with Crippen LogP contribution >= 0.6 is 11.3 Å². The number of carbonyl (C=O) groups excluding carboxylic acids is 1. The van der Waals surface area contributed by atoms with Gasteiger partial charge in [0.15, 0.2) is 0 Å². The summed E-state index contributed by atoms with van der Waals surface area (Å²) in [6, 6.07) is 0. The lowest BCUT2D eigenvalue weighted by Crippen LogP contribution is -2.25. The third kappa shape index (κ3) is 5.26. The van der Waals surface area contributed by atoms with E-state index in [-0.39, 0.29) is 5.91 Å². The molecule has 1 amide bonds. The number of nitrogens with one attached hydrogen (secondary N) is 1. The summed E-state index contributed by atoms with van der Waals surface area (Å²) >= 11 is 1.66. The van der Waals surface area contributed by atoms with Gasteiger partial charge in [-0.1, -0.05) is 19.8 Å². The van der Waals surface area contributed by atoms with Crippen LogP contribution in [0, 0.1) is 6.92 Å². The van der Waals surface area contributed by atoms with Crippen molar-refractivity contribution in [2.45, 2.75) is 46.0 Å². The van der Waals surface area contributed by atoms with Gasteiger partial charge in [-0.05, 0) is 13.3 Å². The summed E-state index contributed by atoms with van der Waals surface area (Å²) in [5, 5.41) is 6.07. The fraction of sp³-hybridized carbons (Fsp3) is 0.667. The van der Waals surface area contributed by atoms with E-state index in [9.17, 15) is 4.79 Å². The van der Waals surface area contributed by atoms with Crippen LogP contribution < -0.4 is 5.32 Å². The first kappa shape index (κ1) is 13.2. The van der Waals surface area contributed by atoms with Gasteiger partial charge in [0.1, 0.15) is 0 Å². The Hall–Kier alpha value is -0.900. The minimum absolute atomic E-state index is 0.168. The van der Waals surface area contributed by atoms with Crippen molar-refractivity contribution >= 4 is 17.2 Å². The monoisotopic (exact) mass is 240 g/mol. The first-order valence-corrected chi connectivity index (χ1v) is 6.78. The molecular weight excluding hydrogens is 220 g/mol. The van der Waals surface area contributed by atoms with Gasteiger partial charge in [0.05, 0.1) is 5.01 Å². The predicted octanol–water partition coefficient (Wildman–Crippen LogP) is 2.69. The Balaban J connectivity index is 2.08. The normalized spacial score (nSPS) is 10.4. The Kier molecular flexibility index (Phi) is 6.08. The van der Waals surface area contributed by atoms with Crippen molar-refractivity contribution in [3.63, 3.8) is 0 Å². The van der Waals surface area contributed by atoms with E-state index in [2.05, 4.69) is 17.2 Å². The number of carbonyl (C=O) groups is 1. The smallest absolute Gasteiger partial charge is 0.220 e. The largest absolute Gasteiger partial charge is 0.356 e. The lowest BCUT2D eigenvalue weighted by atomic mass is 10.2.